The van der Waals surface area contributed by atoms with Gasteiger partial charge in [-0.2, -0.15) is 0 Å². The van der Waals surface area contributed by atoms with Crippen LogP contribution in [0, 0.1) is 0 Å². The van der Waals surface area contributed by atoms with Crippen LogP contribution >= 0.6 is 0 Å². The molecular weight excluding hydrogens is 225 g/mol. The van der Waals surface area contributed by atoms with Crippen LogP contribution in [0.15, 0.2) is 36.4 Å². The van der Waals surface area contributed by atoms with Crippen molar-refractivity contribution in [1.29, 1.82) is 0 Å². The number of anilines is 1. The monoisotopic (exact) mass is 235 g/mol. The standard InChI is InChI=1S/C11H9NSe/c1-2-4-9-8(3-1)5-6-10-11(9)12-7-13-10/h1-6,12H,7H2. The van der Waals surface area contributed by atoms with Crippen LogP contribution in [0.5, 0.6) is 0 Å². The number of hydrogen-bond acceptors (Lipinski definition) is 1. The minimum absolute atomic E-state index is 0.638. The Kier molecular flexibility index (Phi) is 1.58. The Balaban J connectivity index is 2.43. The summed E-state index contributed by atoms with van der Waals surface area (Å²) in [7, 11) is 0. The molecule has 64 valence electrons. The van der Waals surface area contributed by atoms with Gasteiger partial charge in [-0.3, -0.25) is 0 Å². The Morgan fingerprint density at radius 2 is 2.00 bits per heavy atom. The normalized spacial score (nSPS) is 14.2. The molecule has 0 amide bonds. The van der Waals surface area contributed by atoms with Gasteiger partial charge >= 0.3 is 83.0 Å². The quantitative estimate of drug-likeness (QED) is 0.682. The van der Waals surface area contributed by atoms with Gasteiger partial charge in [0, 0.05) is 0 Å². The summed E-state index contributed by atoms with van der Waals surface area (Å²) in [5.74, 6) is 0. The van der Waals surface area contributed by atoms with Crippen molar-refractivity contribution in [2.24, 2.45) is 0 Å². The van der Waals surface area contributed by atoms with Crippen molar-refractivity contribution >= 4 is 35.9 Å². The molecule has 0 unspecified atom stereocenters. The average molecular weight is 234 g/mol. The maximum atomic E-state index is 3.47. The van der Waals surface area contributed by atoms with Gasteiger partial charge < -0.3 is 0 Å². The third-order valence-corrected chi connectivity index (χ3v) is 4.34. The molecule has 0 radical (unpaired) electrons. The molecule has 0 aliphatic carbocycles. The fraction of sp³-hybridized carbons (Fsp3) is 0.0909. The second-order valence-corrected chi connectivity index (χ2v) is 5.26. The summed E-state index contributed by atoms with van der Waals surface area (Å²) >= 11 is 0.638. The van der Waals surface area contributed by atoms with E-state index >= 15 is 0 Å². The molecule has 0 fully saturated rings. The van der Waals surface area contributed by atoms with Crippen LogP contribution in [-0.4, -0.2) is 20.4 Å². The zero-order valence-electron chi connectivity index (χ0n) is 7.08. The van der Waals surface area contributed by atoms with Crippen LogP contribution in [-0.2, 0) is 0 Å². The third-order valence-electron chi connectivity index (χ3n) is 2.37. The van der Waals surface area contributed by atoms with Gasteiger partial charge in [-0.15, -0.1) is 0 Å². The molecule has 0 atom stereocenters. The fourth-order valence-corrected chi connectivity index (χ4v) is 3.55. The third kappa shape index (κ3) is 1.06. The van der Waals surface area contributed by atoms with Crippen molar-refractivity contribution < 1.29 is 0 Å². The molecule has 1 N–H and O–H groups in total. The van der Waals surface area contributed by atoms with E-state index in [-0.39, 0.29) is 0 Å². The summed E-state index contributed by atoms with van der Waals surface area (Å²) < 4.78 is 1.52. The zero-order chi connectivity index (χ0) is 8.67. The molecule has 1 heterocycles. The Morgan fingerprint density at radius 1 is 1.08 bits per heavy atom. The van der Waals surface area contributed by atoms with E-state index in [0.29, 0.717) is 15.0 Å². The minimum atomic E-state index is 0.638. The number of rotatable bonds is 0. The molecule has 0 bridgehead atoms. The summed E-state index contributed by atoms with van der Waals surface area (Å²) in [5, 5.41) is 6.18. The van der Waals surface area contributed by atoms with E-state index in [9.17, 15) is 0 Å². The molecule has 1 aliphatic heterocycles. The Labute approximate surface area is 83.3 Å². The van der Waals surface area contributed by atoms with Crippen molar-refractivity contribution in [3.8, 4) is 0 Å². The second kappa shape index (κ2) is 2.76. The van der Waals surface area contributed by atoms with Crippen LogP contribution in [0.25, 0.3) is 10.8 Å². The molecule has 0 saturated carbocycles. The molecule has 2 heteroatoms. The van der Waals surface area contributed by atoms with Crippen LogP contribution in [0.4, 0.5) is 5.69 Å². The summed E-state index contributed by atoms with van der Waals surface area (Å²) in [4.78, 5) is 0. The van der Waals surface area contributed by atoms with E-state index in [2.05, 4.69) is 41.7 Å². The molecule has 1 aliphatic rings. The molecule has 1 nitrogen and oxygen atoms in total. The molecule has 2 aromatic carbocycles. The summed E-state index contributed by atoms with van der Waals surface area (Å²) in [6.07, 6.45) is 0. The van der Waals surface area contributed by atoms with Gasteiger partial charge in [-0.25, -0.2) is 0 Å². The Morgan fingerprint density at radius 3 is 3.00 bits per heavy atom. The van der Waals surface area contributed by atoms with Crippen molar-refractivity contribution in [2.45, 2.75) is 0 Å². The molecule has 2 aromatic rings. The van der Waals surface area contributed by atoms with E-state index in [1.807, 2.05) is 0 Å². The number of fused-ring (bicyclic) bond motifs is 3. The van der Waals surface area contributed by atoms with E-state index in [4.69, 9.17) is 0 Å². The van der Waals surface area contributed by atoms with Gasteiger partial charge in [-0.05, 0) is 0 Å². The second-order valence-electron chi connectivity index (χ2n) is 3.13. The topological polar surface area (TPSA) is 12.0 Å². The van der Waals surface area contributed by atoms with Crippen molar-refractivity contribution in [2.75, 3.05) is 10.8 Å². The van der Waals surface area contributed by atoms with Crippen LogP contribution in [0.1, 0.15) is 0 Å². The van der Waals surface area contributed by atoms with Crippen molar-refractivity contribution in [3.05, 3.63) is 36.4 Å². The van der Waals surface area contributed by atoms with Gasteiger partial charge in [-0.1, -0.05) is 0 Å². The van der Waals surface area contributed by atoms with E-state index in [1.54, 1.807) is 0 Å². The first-order valence-corrected chi connectivity index (χ1v) is 6.40. The molecule has 0 aromatic heterocycles. The first-order valence-electron chi connectivity index (χ1n) is 4.33. The van der Waals surface area contributed by atoms with Gasteiger partial charge in [0.25, 0.3) is 0 Å². The van der Waals surface area contributed by atoms with Gasteiger partial charge in [0.2, 0.25) is 0 Å². The Hall–Kier alpha value is -0.981. The van der Waals surface area contributed by atoms with E-state index in [1.165, 1.54) is 20.9 Å². The summed E-state index contributed by atoms with van der Waals surface area (Å²) in [6.45, 7) is 0. The first-order chi connectivity index (χ1) is 6.45. The van der Waals surface area contributed by atoms with Crippen LogP contribution < -0.4 is 9.78 Å². The molecule has 0 spiro atoms. The Bertz CT molecular complexity index is 465. The van der Waals surface area contributed by atoms with Crippen molar-refractivity contribution in [1.82, 2.24) is 0 Å². The molecule has 3 rings (SSSR count). The SMILES string of the molecule is c1ccc2c3c(ccc2c1)[Se]CN3. The maximum absolute atomic E-state index is 3.47. The number of benzene rings is 2. The predicted octanol–water partition coefficient (Wildman–Crippen LogP) is 1.55. The number of hydrogen-bond donors (Lipinski definition) is 1. The first kappa shape index (κ1) is 7.43. The van der Waals surface area contributed by atoms with Crippen LogP contribution in [0.3, 0.4) is 0 Å². The van der Waals surface area contributed by atoms with Gasteiger partial charge in [0.15, 0.2) is 0 Å². The molecular formula is C11H9NSe. The van der Waals surface area contributed by atoms with E-state index < -0.39 is 0 Å². The van der Waals surface area contributed by atoms with Crippen LogP contribution in [0.2, 0.25) is 0 Å². The van der Waals surface area contributed by atoms with Gasteiger partial charge in [0.05, 0.1) is 0 Å². The van der Waals surface area contributed by atoms with Crippen molar-refractivity contribution in [3.63, 3.8) is 0 Å². The number of nitrogens with one attached hydrogen (secondary N) is 1. The van der Waals surface area contributed by atoms with E-state index in [0.717, 1.165) is 5.44 Å². The average Bonchev–Trinajstić information content (AvgIpc) is 2.65. The van der Waals surface area contributed by atoms with Gasteiger partial charge in [0.1, 0.15) is 0 Å². The molecule has 13 heavy (non-hydrogen) atoms. The fourth-order valence-electron chi connectivity index (χ4n) is 1.74. The summed E-state index contributed by atoms with van der Waals surface area (Å²) in [5.41, 5.74) is 2.52. The summed E-state index contributed by atoms with van der Waals surface area (Å²) in [6, 6.07) is 13.1. The molecule has 0 saturated heterocycles. The predicted molar refractivity (Wildman–Crippen MR) is 57.8 cm³/mol. The zero-order valence-corrected chi connectivity index (χ0v) is 8.79.